The van der Waals surface area contributed by atoms with Gasteiger partial charge in [-0.1, -0.05) is 23.9 Å². The summed E-state index contributed by atoms with van der Waals surface area (Å²) in [6.07, 6.45) is 0. The summed E-state index contributed by atoms with van der Waals surface area (Å²) in [5.74, 6) is 1.20. The minimum absolute atomic E-state index is 0.117. The van der Waals surface area contributed by atoms with Gasteiger partial charge in [0.2, 0.25) is 5.91 Å². The molecule has 0 aliphatic heterocycles. The zero-order valence-corrected chi connectivity index (χ0v) is 19.4. The Morgan fingerprint density at radius 2 is 1.91 bits per heavy atom. The van der Waals surface area contributed by atoms with E-state index < -0.39 is 0 Å². The Labute approximate surface area is 191 Å². The molecule has 2 amide bonds. The summed E-state index contributed by atoms with van der Waals surface area (Å²) in [4.78, 5) is 24.9. The first-order chi connectivity index (χ1) is 15.4. The van der Waals surface area contributed by atoms with Crippen LogP contribution in [-0.2, 0) is 11.3 Å². The quantitative estimate of drug-likeness (QED) is 0.478. The lowest BCUT2D eigenvalue weighted by atomic mass is 10.2. The van der Waals surface area contributed by atoms with Gasteiger partial charge in [0.25, 0.3) is 5.91 Å². The molecular formula is C23H27N5O3S. The average molecular weight is 454 g/mol. The van der Waals surface area contributed by atoms with Gasteiger partial charge in [-0.2, -0.15) is 0 Å². The predicted molar refractivity (Wildman–Crippen MR) is 125 cm³/mol. The normalized spacial score (nSPS) is 11.6. The lowest BCUT2D eigenvalue weighted by molar-refractivity contribution is -0.113. The molecule has 0 saturated heterocycles. The van der Waals surface area contributed by atoms with Crippen molar-refractivity contribution in [2.24, 2.45) is 0 Å². The van der Waals surface area contributed by atoms with Crippen molar-refractivity contribution >= 4 is 29.3 Å². The van der Waals surface area contributed by atoms with E-state index in [1.807, 2.05) is 49.6 Å². The Hall–Kier alpha value is -3.33. The summed E-state index contributed by atoms with van der Waals surface area (Å²) in [7, 11) is 1.58. The number of carbonyl (C=O) groups is 2. The number of aromatic nitrogens is 3. The number of hydrogen-bond donors (Lipinski definition) is 2. The molecule has 1 atom stereocenters. The molecule has 0 radical (unpaired) electrons. The first kappa shape index (κ1) is 23.3. The number of methoxy groups -OCH3 is 1. The first-order valence-electron chi connectivity index (χ1n) is 10.3. The molecule has 0 unspecified atom stereocenters. The SMILES string of the molecule is CCn1c(SCC(=O)Nc2cccc(C)c2)nnc1[C@H](C)NC(=O)c1ccc(OC)cc1. The number of ether oxygens (including phenoxy) is 1. The van der Waals surface area contributed by atoms with E-state index in [-0.39, 0.29) is 23.6 Å². The molecule has 8 nitrogen and oxygen atoms in total. The molecule has 1 heterocycles. The first-order valence-corrected chi connectivity index (χ1v) is 11.3. The largest absolute Gasteiger partial charge is 0.497 e. The number of thioether (sulfide) groups is 1. The number of carbonyl (C=O) groups excluding carboxylic acids is 2. The van der Waals surface area contributed by atoms with Gasteiger partial charge in [0.1, 0.15) is 5.75 Å². The van der Waals surface area contributed by atoms with E-state index in [1.165, 1.54) is 11.8 Å². The van der Waals surface area contributed by atoms with Crippen molar-refractivity contribution in [3.8, 4) is 5.75 Å². The second kappa shape index (κ2) is 10.8. The molecule has 0 saturated carbocycles. The molecule has 32 heavy (non-hydrogen) atoms. The van der Waals surface area contributed by atoms with Crippen LogP contribution < -0.4 is 15.4 Å². The van der Waals surface area contributed by atoms with Crippen LogP contribution in [0.2, 0.25) is 0 Å². The fourth-order valence-electron chi connectivity index (χ4n) is 3.16. The molecule has 3 rings (SSSR count). The highest BCUT2D eigenvalue weighted by Crippen LogP contribution is 2.21. The Balaban J connectivity index is 1.61. The van der Waals surface area contributed by atoms with Gasteiger partial charge in [-0.3, -0.25) is 9.59 Å². The third-order valence-electron chi connectivity index (χ3n) is 4.78. The van der Waals surface area contributed by atoms with Crippen LogP contribution in [0.4, 0.5) is 5.69 Å². The molecule has 9 heteroatoms. The molecule has 2 aromatic carbocycles. The molecule has 0 bridgehead atoms. The molecule has 168 valence electrons. The van der Waals surface area contributed by atoms with Crippen LogP contribution in [0.25, 0.3) is 0 Å². The molecular weight excluding hydrogens is 426 g/mol. The molecule has 3 aromatic rings. The molecule has 2 N–H and O–H groups in total. The van der Waals surface area contributed by atoms with E-state index in [2.05, 4.69) is 20.8 Å². The smallest absolute Gasteiger partial charge is 0.251 e. The van der Waals surface area contributed by atoms with Crippen molar-refractivity contribution in [3.63, 3.8) is 0 Å². The fourth-order valence-corrected chi connectivity index (χ4v) is 3.97. The summed E-state index contributed by atoms with van der Waals surface area (Å²) in [6, 6.07) is 14.2. The monoisotopic (exact) mass is 453 g/mol. The lowest BCUT2D eigenvalue weighted by Crippen LogP contribution is -2.28. The lowest BCUT2D eigenvalue weighted by Gasteiger charge is -2.15. The van der Waals surface area contributed by atoms with E-state index in [0.717, 1.165) is 11.3 Å². The van der Waals surface area contributed by atoms with Crippen molar-refractivity contribution in [1.82, 2.24) is 20.1 Å². The van der Waals surface area contributed by atoms with Gasteiger partial charge in [0.15, 0.2) is 11.0 Å². The highest BCUT2D eigenvalue weighted by atomic mass is 32.2. The number of anilines is 1. The van der Waals surface area contributed by atoms with Gasteiger partial charge in [0.05, 0.1) is 18.9 Å². The highest BCUT2D eigenvalue weighted by Gasteiger charge is 2.20. The molecule has 1 aromatic heterocycles. The number of nitrogens with one attached hydrogen (secondary N) is 2. The van der Waals surface area contributed by atoms with E-state index in [9.17, 15) is 9.59 Å². The van der Waals surface area contributed by atoms with Gasteiger partial charge in [-0.15, -0.1) is 10.2 Å². The maximum absolute atomic E-state index is 12.6. The standard InChI is InChI=1S/C23H27N5O3S/c1-5-28-21(16(3)24-22(30)17-9-11-19(31-4)12-10-17)26-27-23(28)32-14-20(29)25-18-8-6-7-15(2)13-18/h6-13,16H,5,14H2,1-4H3,(H,24,30)(H,25,29)/t16-/m0/s1. The van der Waals surface area contributed by atoms with Gasteiger partial charge in [0, 0.05) is 17.8 Å². The van der Waals surface area contributed by atoms with Crippen molar-refractivity contribution in [1.29, 1.82) is 0 Å². The number of rotatable bonds is 9. The van der Waals surface area contributed by atoms with Crippen LogP contribution in [0.1, 0.15) is 41.6 Å². The average Bonchev–Trinajstić information content (AvgIpc) is 3.21. The van der Waals surface area contributed by atoms with E-state index in [0.29, 0.717) is 28.8 Å². The Morgan fingerprint density at radius 1 is 1.16 bits per heavy atom. The Morgan fingerprint density at radius 3 is 2.56 bits per heavy atom. The zero-order chi connectivity index (χ0) is 23.1. The number of benzene rings is 2. The third kappa shape index (κ3) is 5.88. The Bertz CT molecular complexity index is 1080. The zero-order valence-electron chi connectivity index (χ0n) is 18.6. The highest BCUT2D eigenvalue weighted by molar-refractivity contribution is 7.99. The molecule has 0 aliphatic carbocycles. The van der Waals surface area contributed by atoms with Gasteiger partial charge in [-0.05, 0) is 62.7 Å². The van der Waals surface area contributed by atoms with Crippen molar-refractivity contribution in [2.45, 2.75) is 38.5 Å². The van der Waals surface area contributed by atoms with Gasteiger partial charge < -0.3 is 19.9 Å². The van der Waals surface area contributed by atoms with Crippen LogP contribution in [0.5, 0.6) is 5.75 Å². The maximum atomic E-state index is 12.6. The van der Waals surface area contributed by atoms with Crippen LogP contribution in [0.15, 0.2) is 53.7 Å². The van der Waals surface area contributed by atoms with E-state index in [1.54, 1.807) is 31.4 Å². The minimum atomic E-state index is -0.354. The summed E-state index contributed by atoms with van der Waals surface area (Å²) in [6.45, 7) is 6.43. The van der Waals surface area contributed by atoms with Crippen molar-refractivity contribution in [3.05, 3.63) is 65.5 Å². The topological polar surface area (TPSA) is 98.1 Å². The predicted octanol–water partition coefficient (Wildman–Crippen LogP) is 3.84. The molecule has 0 aliphatic rings. The van der Waals surface area contributed by atoms with E-state index >= 15 is 0 Å². The Kier molecular flexibility index (Phi) is 7.88. The number of hydrogen-bond acceptors (Lipinski definition) is 6. The van der Waals surface area contributed by atoms with Crippen molar-refractivity contribution < 1.29 is 14.3 Å². The van der Waals surface area contributed by atoms with Crippen LogP contribution in [0.3, 0.4) is 0 Å². The molecule has 0 spiro atoms. The van der Waals surface area contributed by atoms with Gasteiger partial charge >= 0.3 is 0 Å². The maximum Gasteiger partial charge on any atom is 0.251 e. The van der Waals surface area contributed by atoms with Crippen LogP contribution in [-0.4, -0.2) is 39.4 Å². The minimum Gasteiger partial charge on any atom is -0.497 e. The summed E-state index contributed by atoms with van der Waals surface area (Å²) < 4.78 is 7.03. The van der Waals surface area contributed by atoms with Crippen molar-refractivity contribution in [2.75, 3.05) is 18.2 Å². The second-order valence-corrected chi connectivity index (χ2v) is 8.16. The second-order valence-electron chi connectivity index (χ2n) is 7.22. The summed E-state index contributed by atoms with van der Waals surface area (Å²) in [5, 5.41) is 15.0. The fraction of sp³-hybridized carbons (Fsp3) is 0.304. The summed E-state index contributed by atoms with van der Waals surface area (Å²) in [5.41, 5.74) is 2.38. The number of amides is 2. The van der Waals surface area contributed by atoms with Gasteiger partial charge in [-0.25, -0.2) is 0 Å². The summed E-state index contributed by atoms with van der Waals surface area (Å²) >= 11 is 1.31. The molecule has 0 fully saturated rings. The van der Waals surface area contributed by atoms with Crippen LogP contribution in [0, 0.1) is 6.92 Å². The van der Waals surface area contributed by atoms with E-state index in [4.69, 9.17) is 4.74 Å². The van der Waals surface area contributed by atoms with Crippen LogP contribution >= 0.6 is 11.8 Å². The number of aryl methyl sites for hydroxylation is 1. The number of nitrogens with zero attached hydrogens (tertiary/aromatic N) is 3. The third-order valence-corrected chi connectivity index (χ3v) is 5.75.